The Bertz CT molecular complexity index is 351. The number of esters is 1. The van der Waals surface area contributed by atoms with Gasteiger partial charge in [0.25, 0.3) is 0 Å². The largest absolute Gasteiger partial charge is 0.467 e. The number of carbonyl (C=O) groups is 2. The van der Waals surface area contributed by atoms with Crippen LogP contribution in [0.25, 0.3) is 0 Å². The van der Waals surface area contributed by atoms with Crippen LogP contribution in [-0.4, -0.2) is 37.6 Å². The standard InChI is InChI=1S/C15H26N2O3.ClH/c1-20-14(19)15(8-3-2-4-9-15)17-13(18)6-5-12-7-10-16-11-12;/h12,16H,2-11H2,1H3,(H,17,18);1H. The summed E-state index contributed by atoms with van der Waals surface area (Å²) in [5.41, 5.74) is -0.766. The summed E-state index contributed by atoms with van der Waals surface area (Å²) < 4.78 is 4.91. The SMILES string of the molecule is COC(=O)C1(NC(=O)CCC2CCNC2)CCCCC1.Cl. The van der Waals surface area contributed by atoms with Gasteiger partial charge in [0.1, 0.15) is 5.54 Å². The molecule has 1 saturated carbocycles. The number of methoxy groups -OCH3 is 1. The molecule has 0 aromatic carbocycles. The Morgan fingerprint density at radius 1 is 1.29 bits per heavy atom. The molecule has 1 unspecified atom stereocenters. The van der Waals surface area contributed by atoms with Gasteiger partial charge in [-0.15, -0.1) is 12.4 Å². The van der Waals surface area contributed by atoms with E-state index in [2.05, 4.69) is 10.6 Å². The summed E-state index contributed by atoms with van der Waals surface area (Å²) in [6, 6.07) is 0. The fourth-order valence-corrected chi connectivity index (χ4v) is 3.36. The number of halogens is 1. The smallest absolute Gasteiger partial charge is 0.331 e. The Balaban J connectivity index is 0.00000220. The van der Waals surface area contributed by atoms with Gasteiger partial charge in [-0.2, -0.15) is 0 Å². The molecule has 0 radical (unpaired) electrons. The molecule has 0 aromatic heterocycles. The van der Waals surface area contributed by atoms with E-state index >= 15 is 0 Å². The Kier molecular flexibility index (Phi) is 7.46. The number of hydrogen-bond donors (Lipinski definition) is 2. The molecule has 1 amide bonds. The molecular formula is C15H27ClN2O3. The van der Waals surface area contributed by atoms with Gasteiger partial charge in [0.15, 0.2) is 0 Å². The van der Waals surface area contributed by atoms with Gasteiger partial charge in [0, 0.05) is 6.42 Å². The third-order valence-corrected chi connectivity index (χ3v) is 4.60. The number of rotatable bonds is 5. The maximum atomic E-state index is 12.2. The third-order valence-electron chi connectivity index (χ3n) is 4.60. The van der Waals surface area contributed by atoms with Gasteiger partial charge in [-0.1, -0.05) is 19.3 Å². The van der Waals surface area contributed by atoms with Crippen LogP contribution in [0.15, 0.2) is 0 Å². The molecule has 2 aliphatic rings. The van der Waals surface area contributed by atoms with Gasteiger partial charge >= 0.3 is 5.97 Å². The van der Waals surface area contributed by atoms with E-state index in [1.165, 1.54) is 7.11 Å². The van der Waals surface area contributed by atoms with Gasteiger partial charge in [-0.25, -0.2) is 4.79 Å². The number of amides is 1. The molecule has 122 valence electrons. The molecule has 5 nitrogen and oxygen atoms in total. The molecule has 2 N–H and O–H groups in total. The van der Waals surface area contributed by atoms with E-state index in [0.29, 0.717) is 25.2 Å². The summed E-state index contributed by atoms with van der Waals surface area (Å²) in [5.74, 6) is 0.304. The van der Waals surface area contributed by atoms with Gasteiger partial charge in [-0.05, 0) is 44.7 Å². The first-order valence-corrected chi connectivity index (χ1v) is 7.76. The highest BCUT2D eigenvalue weighted by atomic mass is 35.5. The summed E-state index contributed by atoms with van der Waals surface area (Å²) in [6.45, 7) is 2.06. The van der Waals surface area contributed by atoms with Crippen molar-refractivity contribution in [3.8, 4) is 0 Å². The topological polar surface area (TPSA) is 67.4 Å². The lowest BCUT2D eigenvalue weighted by Crippen LogP contribution is -2.56. The molecule has 1 aliphatic heterocycles. The van der Waals surface area contributed by atoms with Gasteiger partial charge in [0.2, 0.25) is 5.91 Å². The van der Waals surface area contributed by atoms with E-state index in [1.807, 2.05) is 0 Å². The van der Waals surface area contributed by atoms with Crippen molar-refractivity contribution in [2.45, 2.75) is 56.9 Å². The van der Waals surface area contributed by atoms with E-state index in [1.54, 1.807) is 0 Å². The summed E-state index contributed by atoms with van der Waals surface area (Å²) in [4.78, 5) is 24.2. The second kappa shape index (κ2) is 8.59. The zero-order chi connectivity index (χ0) is 14.4. The lowest BCUT2D eigenvalue weighted by atomic mass is 9.81. The summed E-state index contributed by atoms with van der Waals surface area (Å²) in [5, 5.41) is 6.28. The predicted molar refractivity (Wildman–Crippen MR) is 83.4 cm³/mol. The Morgan fingerprint density at radius 2 is 2.00 bits per heavy atom. The first-order valence-electron chi connectivity index (χ1n) is 7.76. The zero-order valence-electron chi connectivity index (χ0n) is 12.8. The fraction of sp³-hybridized carbons (Fsp3) is 0.867. The van der Waals surface area contributed by atoms with Crippen LogP contribution in [0.4, 0.5) is 0 Å². The van der Waals surface area contributed by atoms with Crippen LogP contribution in [0.5, 0.6) is 0 Å². The minimum atomic E-state index is -0.766. The van der Waals surface area contributed by atoms with Crippen LogP contribution in [-0.2, 0) is 14.3 Å². The molecule has 2 rings (SSSR count). The summed E-state index contributed by atoms with van der Waals surface area (Å²) in [7, 11) is 1.40. The van der Waals surface area contributed by atoms with Crippen molar-refractivity contribution < 1.29 is 14.3 Å². The van der Waals surface area contributed by atoms with Crippen LogP contribution < -0.4 is 10.6 Å². The van der Waals surface area contributed by atoms with Gasteiger partial charge in [0.05, 0.1) is 7.11 Å². The molecule has 1 atom stereocenters. The number of nitrogens with one attached hydrogen (secondary N) is 2. The fourth-order valence-electron chi connectivity index (χ4n) is 3.36. The highest BCUT2D eigenvalue weighted by molar-refractivity contribution is 5.88. The molecule has 0 spiro atoms. The first kappa shape index (κ1) is 18.2. The maximum absolute atomic E-state index is 12.2. The molecule has 1 heterocycles. The average Bonchev–Trinajstić information content (AvgIpc) is 2.98. The quantitative estimate of drug-likeness (QED) is 0.758. The second-order valence-corrected chi connectivity index (χ2v) is 6.08. The Morgan fingerprint density at radius 3 is 2.57 bits per heavy atom. The maximum Gasteiger partial charge on any atom is 0.331 e. The van der Waals surface area contributed by atoms with Gasteiger partial charge in [-0.3, -0.25) is 4.79 Å². The second-order valence-electron chi connectivity index (χ2n) is 6.08. The van der Waals surface area contributed by atoms with E-state index in [0.717, 1.165) is 45.2 Å². The van der Waals surface area contributed by atoms with E-state index < -0.39 is 5.54 Å². The minimum Gasteiger partial charge on any atom is -0.467 e. The van der Waals surface area contributed by atoms with Crippen LogP contribution >= 0.6 is 12.4 Å². The normalized spacial score (nSPS) is 24.0. The highest BCUT2D eigenvalue weighted by Gasteiger charge is 2.41. The zero-order valence-corrected chi connectivity index (χ0v) is 13.6. The molecule has 21 heavy (non-hydrogen) atoms. The first-order chi connectivity index (χ1) is 9.66. The van der Waals surface area contributed by atoms with Crippen molar-refractivity contribution in [2.75, 3.05) is 20.2 Å². The summed E-state index contributed by atoms with van der Waals surface area (Å²) >= 11 is 0. The van der Waals surface area contributed by atoms with Crippen LogP contribution in [0, 0.1) is 5.92 Å². The molecule has 1 saturated heterocycles. The van der Waals surface area contributed by atoms with Crippen molar-refractivity contribution in [2.24, 2.45) is 5.92 Å². The lowest BCUT2D eigenvalue weighted by Gasteiger charge is -2.35. The molecule has 0 bridgehead atoms. The van der Waals surface area contributed by atoms with E-state index in [4.69, 9.17) is 4.74 Å². The van der Waals surface area contributed by atoms with E-state index in [9.17, 15) is 9.59 Å². The van der Waals surface area contributed by atoms with Gasteiger partial charge < -0.3 is 15.4 Å². The molecule has 2 fully saturated rings. The number of ether oxygens (including phenoxy) is 1. The van der Waals surface area contributed by atoms with Crippen molar-refractivity contribution in [3.05, 3.63) is 0 Å². The predicted octanol–water partition coefficient (Wildman–Crippen LogP) is 1.79. The highest BCUT2D eigenvalue weighted by Crippen LogP contribution is 2.29. The average molecular weight is 319 g/mol. The monoisotopic (exact) mass is 318 g/mol. The van der Waals surface area contributed by atoms with Crippen LogP contribution in [0.3, 0.4) is 0 Å². The molecule has 1 aliphatic carbocycles. The number of hydrogen-bond acceptors (Lipinski definition) is 4. The Hall–Kier alpha value is -0.810. The van der Waals surface area contributed by atoms with Crippen molar-refractivity contribution in [3.63, 3.8) is 0 Å². The van der Waals surface area contributed by atoms with Crippen molar-refractivity contribution >= 4 is 24.3 Å². The lowest BCUT2D eigenvalue weighted by molar-refractivity contribution is -0.152. The molecule has 0 aromatic rings. The Labute approximate surface area is 133 Å². The third kappa shape index (κ3) is 4.85. The number of carbonyl (C=O) groups excluding carboxylic acids is 2. The van der Waals surface area contributed by atoms with Crippen LogP contribution in [0.1, 0.15) is 51.4 Å². The molecule has 6 heteroatoms. The van der Waals surface area contributed by atoms with Crippen LogP contribution in [0.2, 0.25) is 0 Å². The van der Waals surface area contributed by atoms with Crippen molar-refractivity contribution in [1.82, 2.24) is 10.6 Å². The van der Waals surface area contributed by atoms with E-state index in [-0.39, 0.29) is 24.3 Å². The minimum absolute atomic E-state index is 0. The molecular weight excluding hydrogens is 292 g/mol. The summed E-state index contributed by atoms with van der Waals surface area (Å²) in [6.07, 6.45) is 7.04. The van der Waals surface area contributed by atoms with Crippen molar-refractivity contribution in [1.29, 1.82) is 0 Å².